The molecule has 0 aliphatic heterocycles. The van der Waals surface area contributed by atoms with Crippen molar-refractivity contribution in [3.8, 4) is 11.5 Å². The molecule has 1 aromatic carbocycles. The molecule has 8 heteroatoms. The summed E-state index contributed by atoms with van der Waals surface area (Å²) in [5.74, 6) is -0.344. The molecule has 0 saturated carbocycles. The zero-order valence-corrected chi connectivity index (χ0v) is 12.4. The highest BCUT2D eigenvalue weighted by atomic mass is 19.4. The third-order valence-electron chi connectivity index (χ3n) is 2.89. The molecule has 1 atom stereocenters. The Morgan fingerprint density at radius 2 is 2.05 bits per heavy atom. The smallest absolute Gasteiger partial charge is 0.422 e. The third-order valence-corrected chi connectivity index (χ3v) is 2.89. The van der Waals surface area contributed by atoms with Crippen molar-refractivity contribution in [3.63, 3.8) is 0 Å². The molecule has 1 rings (SSSR count). The lowest BCUT2D eigenvalue weighted by Crippen LogP contribution is -2.32. The Labute approximate surface area is 126 Å². The fraction of sp³-hybridized carbons (Fsp3) is 0.500. The first-order valence-corrected chi connectivity index (χ1v) is 6.61. The summed E-state index contributed by atoms with van der Waals surface area (Å²) in [5, 5.41) is 2.68. The molecule has 124 valence electrons. The van der Waals surface area contributed by atoms with Crippen LogP contribution in [0.15, 0.2) is 18.2 Å². The van der Waals surface area contributed by atoms with E-state index < -0.39 is 12.8 Å². The van der Waals surface area contributed by atoms with Crippen LogP contribution in [0.25, 0.3) is 0 Å². The Morgan fingerprint density at radius 1 is 1.36 bits per heavy atom. The number of nitrogens with two attached hydrogens (primary N) is 1. The number of hydrogen-bond donors (Lipinski definition) is 2. The van der Waals surface area contributed by atoms with Crippen LogP contribution in [-0.2, 0) is 11.3 Å². The fourth-order valence-electron chi connectivity index (χ4n) is 1.57. The van der Waals surface area contributed by atoms with E-state index in [2.05, 4.69) is 10.1 Å². The van der Waals surface area contributed by atoms with Crippen LogP contribution in [0.4, 0.5) is 13.2 Å². The Balaban J connectivity index is 2.70. The van der Waals surface area contributed by atoms with Crippen LogP contribution >= 0.6 is 0 Å². The average Bonchev–Trinajstić information content (AvgIpc) is 2.49. The van der Waals surface area contributed by atoms with E-state index in [0.29, 0.717) is 5.56 Å². The summed E-state index contributed by atoms with van der Waals surface area (Å²) < 4.78 is 46.1. The molecule has 0 aliphatic carbocycles. The Kier molecular flexibility index (Phi) is 6.48. The van der Waals surface area contributed by atoms with Crippen molar-refractivity contribution in [1.29, 1.82) is 0 Å². The van der Waals surface area contributed by atoms with E-state index in [-0.39, 0.29) is 36.4 Å². The van der Waals surface area contributed by atoms with Crippen LogP contribution in [0.1, 0.15) is 12.5 Å². The van der Waals surface area contributed by atoms with Gasteiger partial charge in [-0.1, -0.05) is 13.0 Å². The third kappa shape index (κ3) is 5.80. The molecule has 0 radical (unpaired) electrons. The van der Waals surface area contributed by atoms with Gasteiger partial charge in [0.05, 0.1) is 7.11 Å². The van der Waals surface area contributed by atoms with Gasteiger partial charge >= 0.3 is 6.18 Å². The van der Waals surface area contributed by atoms with Crippen molar-refractivity contribution in [2.45, 2.75) is 19.6 Å². The number of rotatable bonds is 7. The Hall–Kier alpha value is -1.96. The van der Waals surface area contributed by atoms with E-state index in [9.17, 15) is 18.0 Å². The van der Waals surface area contributed by atoms with Crippen molar-refractivity contribution in [2.75, 3.05) is 20.3 Å². The minimum atomic E-state index is -4.42. The summed E-state index contributed by atoms with van der Waals surface area (Å²) in [6.07, 6.45) is -4.42. The van der Waals surface area contributed by atoms with Gasteiger partial charge in [0.2, 0.25) is 5.91 Å². The van der Waals surface area contributed by atoms with Gasteiger partial charge in [0.25, 0.3) is 0 Å². The Morgan fingerprint density at radius 3 is 2.59 bits per heavy atom. The van der Waals surface area contributed by atoms with E-state index in [1.54, 1.807) is 13.0 Å². The number of methoxy groups -OCH3 is 1. The largest absolute Gasteiger partial charge is 0.493 e. The monoisotopic (exact) mass is 320 g/mol. The minimum Gasteiger partial charge on any atom is -0.493 e. The highest BCUT2D eigenvalue weighted by molar-refractivity contribution is 5.78. The van der Waals surface area contributed by atoms with Crippen LogP contribution in [-0.4, -0.2) is 32.3 Å². The normalized spacial score (nSPS) is 12.6. The number of amides is 1. The van der Waals surface area contributed by atoms with Gasteiger partial charge in [0.15, 0.2) is 18.1 Å². The molecule has 22 heavy (non-hydrogen) atoms. The maximum absolute atomic E-state index is 12.2. The standard InChI is InChI=1S/C14H19F3N2O3/c1-9(6-18)13(20)19-7-10-3-4-11(12(5-10)21-2)22-8-14(15,16)17/h3-5,9H,6-8,18H2,1-2H3,(H,19,20). The molecule has 3 N–H and O–H groups in total. The molecule has 0 aliphatic rings. The molecule has 1 unspecified atom stereocenters. The van der Waals surface area contributed by atoms with Crippen molar-refractivity contribution in [1.82, 2.24) is 5.32 Å². The molecule has 0 heterocycles. The van der Waals surface area contributed by atoms with Gasteiger partial charge in [-0.05, 0) is 17.7 Å². The number of ether oxygens (including phenoxy) is 2. The number of hydrogen-bond acceptors (Lipinski definition) is 4. The van der Waals surface area contributed by atoms with Gasteiger partial charge in [-0.15, -0.1) is 0 Å². The lowest BCUT2D eigenvalue weighted by Gasteiger charge is -2.14. The van der Waals surface area contributed by atoms with Gasteiger partial charge in [0.1, 0.15) is 0 Å². The van der Waals surface area contributed by atoms with Crippen LogP contribution in [0, 0.1) is 5.92 Å². The van der Waals surface area contributed by atoms with Gasteiger partial charge in [-0.3, -0.25) is 4.79 Å². The first-order valence-electron chi connectivity index (χ1n) is 6.61. The number of benzene rings is 1. The molecule has 0 saturated heterocycles. The predicted molar refractivity (Wildman–Crippen MR) is 74.6 cm³/mol. The topological polar surface area (TPSA) is 73.6 Å². The summed E-state index contributed by atoms with van der Waals surface area (Å²) in [7, 11) is 1.33. The van der Waals surface area contributed by atoms with Crippen molar-refractivity contribution >= 4 is 5.91 Å². The Bertz CT molecular complexity index is 507. The van der Waals surface area contributed by atoms with Crippen molar-refractivity contribution in [3.05, 3.63) is 23.8 Å². The molecule has 0 aromatic heterocycles. The summed E-state index contributed by atoms with van der Waals surface area (Å²) in [6, 6.07) is 4.44. The van der Waals surface area contributed by atoms with Gasteiger partial charge in [-0.25, -0.2) is 0 Å². The van der Waals surface area contributed by atoms with Crippen molar-refractivity contribution in [2.24, 2.45) is 11.7 Å². The SMILES string of the molecule is COc1cc(CNC(=O)C(C)CN)ccc1OCC(F)(F)F. The molecular weight excluding hydrogens is 301 g/mol. The molecule has 1 aromatic rings. The van der Waals surface area contributed by atoms with Gasteiger partial charge in [-0.2, -0.15) is 13.2 Å². The second kappa shape index (κ2) is 7.88. The number of halogens is 3. The summed E-state index contributed by atoms with van der Waals surface area (Å²) in [6.45, 7) is 0.760. The van der Waals surface area contributed by atoms with E-state index in [0.717, 1.165) is 0 Å². The van der Waals surface area contributed by atoms with Crippen LogP contribution in [0.5, 0.6) is 11.5 Å². The average molecular weight is 320 g/mol. The predicted octanol–water partition coefficient (Wildman–Crippen LogP) is 1.85. The van der Waals surface area contributed by atoms with Crippen LogP contribution in [0.3, 0.4) is 0 Å². The zero-order chi connectivity index (χ0) is 16.8. The summed E-state index contributed by atoms with van der Waals surface area (Å²) in [4.78, 5) is 11.6. The van der Waals surface area contributed by atoms with E-state index in [1.165, 1.54) is 19.2 Å². The first-order chi connectivity index (χ1) is 10.3. The van der Waals surface area contributed by atoms with Crippen molar-refractivity contribution < 1.29 is 27.4 Å². The van der Waals surface area contributed by atoms with E-state index in [1.807, 2.05) is 0 Å². The van der Waals surface area contributed by atoms with Gasteiger partial charge < -0.3 is 20.5 Å². The molecule has 0 spiro atoms. The maximum atomic E-state index is 12.2. The second-order valence-electron chi connectivity index (χ2n) is 4.74. The number of carbonyl (C=O) groups excluding carboxylic acids is 1. The second-order valence-corrected chi connectivity index (χ2v) is 4.74. The molecule has 1 amide bonds. The quantitative estimate of drug-likeness (QED) is 0.804. The van der Waals surface area contributed by atoms with Crippen LogP contribution in [0.2, 0.25) is 0 Å². The highest BCUT2D eigenvalue weighted by Crippen LogP contribution is 2.29. The minimum absolute atomic E-state index is 0.00905. The summed E-state index contributed by atoms with van der Waals surface area (Å²) in [5.41, 5.74) is 6.06. The van der Waals surface area contributed by atoms with E-state index >= 15 is 0 Å². The van der Waals surface area contributed by atoms with Crippen LogP contribution < -0.4 is 20.5 Å². The van der Waals surface area contributed by atoms with Gasteiger partial charge in [0, 0.05) is 19.0 Å². The first kappa shape index (κ1) is 18.1. The lowest BCUT2D eigenvalue weighted by molar-refractivity contribution is -0.153. The maximum Gasteiger partial charge on any atom is 0.422 e. The fourth-order valence-corrected chi connectivity index (χ4v) is 1.57. The lowest BCUT2D eigenvalue weighted by atomic mass is 10.1. The highest BCUT2D eigenvalue weighted by Gasteiger charge is 2.29. The molecule has 0 fully saturated rings. The molecule has 5 nitrogen and oxygen atoms in total. The zero-order valence-electron chi connectivity index (χ0n) is 12.4. The van der Waals surface area contributed by atoms with E-state index in [4.69, 9.17) is 10.5 Å². The number of nitrogens with one attached hydrogen (secondary N) is 1. The summed E-state index contributed by atoms with van der Waals surface area (Å²) >= 11 is 0. The molecular formula is C14H19F3N2O3. The number of alkyl halides is 3. The number of carbonyl (C=O) groups is 1. The molecule has 0 bridgehead atoms.